The Kier molecular flexibility index (Phi) is 3.75. The van der Waals surface area contributed by atoms with Crippen LogP contribution in [0, 0.1) is 13.8 Å². The van der Waals surface area contributed by atoms with E-state index in [0.717, 1.165) is 19.6 Å². The van der Waals surface area contributed by atoms with E-state index in [9.17, 15) is 0 Å². The lowest BCUT2D eigenvalue weighted by Gasteiger charge is -2.39. The van der Waals surface area contributed by atoms with E-state index in [0.29, 0.717) is 6.04 Å². The Bertz CT molecular complexity index is 577. The quantitative estimate of drug-likeness (QED) is 0.895. The Labute approximate surface area is 121 Å². The Hall–Kier alpha value is -1.80. The number of nitrogens with one attached hydrogen (secondary N) is 1. The minimum Gasteiger partial charge on any atom is -0.362 e. The van der Waals surface area contributed by atoms with Crippen molar-refractivity contribution in [3.8, 4) is 0 Å². The smallest absolute Gasteiger partial charge is 0.0667 e. The molecule has 1 N–H and O–H groups in total. The van der Waals surface area contributed by atoms with Crippen LogP contribution in [0.3, 0.4) is 0 Å². The third-order valence-electron chi connectivity index (χ3n) is 4.09. The summed E-state index contributed by atoms with van der Waals surface area (Å²) in [4.78, 5) is 2.54. The highest BCUT2D eigenvalue weighted by Crippen LogP contribution is 2.31. The number of benzene rings is 2. The van der Waals surface area contributed by atoms with Gasteiger partial charge < -0.3 is 10.2 Å². The summed E-state index contributed by atoms with van der Waals surface area (Å²) >= 11 is 0. The SMILES string of the molecule is Cc1ccc(N2CCNCC2c2ccccc2)c(C)c1. The lowest BCUT2D eigenvalue weighted by Crippen LogP contribution is -2.46. The lowest BCUT2D eigenvalue weighted by molar-refractivity contribution is 0.489. The fourth-order valence-electron chi connectivity index (χ4n) is 3.09. The van der Waals surface area contributed by atoms with Crippen LogP contribution in [0.15, 0.2) is 48.5 Å². The molecule has 2 nitrogen and oxygen atoms in total. The van der Waals surface area contributed by atoms with E-state index in [2.05, 4.69) is 72.6 Å². The van der Waals surface area contributed by atoms with Crippen molar-refractivity contribution >= 4 is 5.69 Å². The highest BCUT2D eigenvalue weighted by molar-refractivity contribution is 5.56. The predicted molar refractivity (Wildman–Crippen MR) is 85.3 cm³/mol. The number of anilines is 1. The van der Waals surface area contributed by atoms with Crippen molar-refractivity contribution in [3.05, 3.63) is 65.2 Å². The number of piperazine rings is 1. The second-order valence-electron chi connectivity index (χ2n) is 5.61. The molecule has 1 atom stereocenters. The van der Waals surface area contributed by atoms with Crippen LogP contribution in [0.1, 0.15) is 22.7 Å². The molecule has 1 saturated heterocycles. The maximum absolute atomic E-state index is 3.52. The Morgan fingerprint density at radius 2 is 1.85 bits per heavy atom. The molecule has 3 rings (SSSR count). The first kappa shape index (κ1) is 13.2. The number of aryl methyl sites for hydroxylation is 2. The molecule has 0 bridgehead atoms. The maximum atomic E-state index is 3.52. The van der Waals surface area contributed by atoms with Crippen LogP contribution in [0.25, 0.3) is 0 Å². The van der Waals surface area contributed by atoms with Crippen molar-refractivity contribution in [1.82, 2.24) is 5.32 Å². The van der Waals surface area contributed by atoms with Crippen LogP contribution < -0.4 is 10.2 Å². The number of rotatable bonds is 2. The van der Waals surface area contributed by atoms with Crippen LogP contribution in [0.2, 0.25) is 0 Å². The van der Waals surface area contributed by atoms with Crippen LogP contribution in [-0.4, -0.2) is 19.6 Å². The minimum absolute atomic E-state index is 0.423. The second-order valence-corrected chi connectivity index (χ2v) is 5.61. The zero-order valence-corrected chi connectivity index (χ0v) is 12.3. The third-order valence-corrected chi connectivity index (χ3v) is 4.09. The fourth-order valence-corrected chi connectivity index (χ4v) is 3.09. The van der Waals surface area contributed by atoms with E-state index in [4.69, 9.17) is 0 Å². The van der Waals surface area contributed by atoms with Gasteiger partial charge in [0.05, 0.1) is 6.04 Å². The summed E-state index contributed by atoms with van der Waals surface area (Å²) in [5.41, 5.74) is 5.45. The van der Waals surface area contributed by atoms with E-state index >= 15 is 0 Å². The summed E-state index contributed by atoms with van der Waals surface area (Å²) < 4.78 is 0. The third kappa shape index (κ3) is 2.56. The first-order valence-electron chi connectivity index (χ1n) is 7.35. The zero-order valence-electron chi connectivity index (χ0n) is 12.3. The summed E-state index contributed by atoms with van der Waals surface area (Å²) in [6.07, 6.45) is 0. The van der Waals surface area contributed by atoms with Crippen molar-refractivity contribution in [1.29, 1.82) is 0 Å². The van der Waals surface area contributed by atoms with Crippen molar-refractivity contribution in [2.24, 2.45) is 0 Å². The van der Waals surface area contributed by atoms with Gasteiger partial charge in [-0.2, -0.15) is 0 Å². The van der Waals surface area contributed by atoms with Crippen molar-refractivity contribution in [2.75, 3.05) is 24.5 Å². The number of hydrogen-bond donors (Lipinski definition) is 1. The molecule has 1 unspecified atom stereocenters. The van der Waals surface area contributed by atoms with Crippen LogP contribution in [0.4, 0.5) is 5.69 Å². The molecule has 1 aliphatic rings. The molecule has 1 aliphatic heterocycles. The summed E-state index contributed by atoms with van der Waals surface area (Å²) in [5.74, 6) is 0. The molecule has 2 heteroatoms. The molecule has 2 aromatic carbocycles. The molecule has 0 aliphatic carbocycles. The molecule has 0 aromatic heterocycles. The van der Waals surface area contributed by atoms with E-state index in [-0.39, 0.29) is 0 Å². The van der Waals surface area contributed by atoms with E-state index in [1.807, 2.05) is 0 Å². The van der Waals surface area contributed by atoms with Gasteiger partial charge in [0.1, 0.15) is 0 Å². The first-order chi connectivity index (χ1) is 9.75. The molecule has 0 amide bonds. The molecular formula is C18H22N2. The summed E-state index contributed by atoms with van der Waals surface area (Å²) in [7, 11) is 0. The van der Waals surface area contributed by atoms with Gasteiger partial charge in [0, 0.05) is 25.3 Å². The van der Waals surface area contributed by atoms with Gasteiger partial charge in [-0.1, -0.05) is 48.0 Å². The van der Waals surface area contributed by atoms with E-state index in [1.165, 1.54) is 22.4 Å². The summed E-state index contributed by atoms with van der Waals surface area (Å²) in [6.45, 7) is 7.49. The van der Waals surface area contributed by atoms with E-state index < -0.39 is 0 Å². The van der Waals surface area contributed by atoms with Gasteiger partial charge in [-0.05, 0) is 31.0 Å². The van der Waals surface area contributed by atoms with Crippen molar-refractivity contribution in [2.45, 2.75) is 19.9 Å². The van der Waals surface area contributed by atoms with Crippen LogP contribution in [0.5, 0.6) is 0 Å². The van der Waals surface area contributed by atoms with Gasteiger partial charge in [0.25, 0.3) is 0 Å². The predicted octanol–water partition coefficient (Wildman–Crippen LogP) is 3.45. The Morgan fingerprint density at radius 3 is 2.60 bits per heavy atom. The summed E-state index contributed by atoms with van der Waals surface area (Å²) in [6, 6.07) is 18.0. The Balaban J connectivity index is 1.97. The highest BCUT2D eigenvalue weighted by atomic mass is 15.2. The van der Waals surface area contributed by atoms with Gasteiger partial charge in [-0.15, -0.1) is 0 Å². The van der Waals surface area contributed by atoms with Crippen LogP contribution >= 0.6 is 0 Å². The van der Waals surface area contributed by atoms with Gasteiger partial charge in [-0.3, -0.25) is 0 Å². The summed E-state index contributed by atoms with van der Waals surface area (Å²) in [5, 5.41) is 3.52. The Morgan fingerprint density at radius 1 is 1.05 bits per heavy atom. The number of hydrogen-bond acceptors (Lipinski definition) is 2. The highest BCUT2D eigenvalue weighted by Gasteiger charge is 2.24. The lowest BCUT2D eigenvalue weighted by atomic mass is 10.0. The topological polar surface area (TPSA) is 15.3 Å². The van der Waals surface area contributed by atoms with Crippen LogP contribution in [-0.2, 0) is 0 Å². The molecular weight excluding hydrogens is 244 g/mol. The maximum Gasteiger partial charge on any atom is 0.0667 e. The van der Waals surface area contributed by atoms with Gasteiger partial charge in [0.15, 0.2) is 0 Å². The molecule has 0 radical (unpaired) electrons. The normalized spacial score (nSPS) is 19.1. The molecule has 20 heavy (non-hydrogen) atoms. The van der Waals surface area contributed by atoms with Gasteiger partial charge in [-0.25, -0.2) is 0 Å². The molecule has 0 spiro atoms. The monoisotopic (exact) mass is 266 g/mol. The molecule has 1 heterocycles. The number of nitrogens with zero attached hydrogens (tertiary/aromatic N) is 1. The average Bonchev–Trinajstić information content (AvgIpc) is 2.48. The molecule has 2 aromatic rings. The second kappa shape index (κ2) is 5.68. The molecule has 104 valence electrons. The zero-order chi connectivity index (χ0) is 13.9. The minimum atomic E-state index is 0.423. The standard InChI is InChI=1S/C18H22N2/c1-14-8-9-17(15(2)12-14)20-11-10-19-13-18(20)16-6-4-3-5-7-16/h3-9,12,18-19H,10-11,13H2,1-2H3. The average molecular weight is 266 g/mol. The van der Waals surface area contributed by atoms with E-state index in [1.54, 1.807) is 0 Å². The van der Waals surface area contributed by atoms with Crippen molar-refractivity contribution in [3.63, 3.8) is 0 Å². The molecule has 1 fully saturated rings. The largest absolute Gasteiger partial charge is 0.362 e. The fraction of sp³-hybridized carbons (Fsp3) is 0.333. The molecule has 0 saturated carbocycles. The first-order valence-corrected chi connectivity index (χ1v) is 7.35. The van der Waals surface area contributed by atoms with Gasteiger partial charge >= 0.3 is 0 Å². The van der Waals surface area contributed by atoms with Crippen molar-refractivity contribution < 1.29 is 0 Å². The van der Waals surface area contributed by atoms with Gasteiger partial charge in [0.2, 0.25) is 0 Å².